The van der Waals surface area contributed by atoms with Gasteiger partial charge in [0.25, 0.3) is 0 Å². The SMILES string of the molecule is CCN(CC1CCCNC1)C1CCC(C)c2ccccc21. The summed E-state index contributed by atoms with van der Waals surface area (Å²) < 4.78 is 0. The monoisotopic (exact) mass is 286 g/mol. The molecule has 0 bridgehead atoms. The van der Waals surface area contributed by atoms with Crippen molar-refractivity contribution in [1.29, 1.82) is 0 Å². The van der Waals surface area contributed by atoms with Gasteiger partial charge in [-0.2, -0.15) is 0 Å². The summed E-state index contributed by atoms with van der Waals surface area (Å²) in [5, 5.41) is 3.57. The molecule has 1 heterocycles. The van der Waals surface area contributed by atoms with Crippen molar-refractivity contribution in [1.82, 2.24) is 10.2 Å². The molecule has 2 nitrogen and oxygen atoms in total. The zero-order valence-electron chi connectivity index (χ0n) is 13.6. The summed E-state index contributed by atoms with van der Waals surface area (Å²) in [5.74, 6) is 1.57. The van der Waals surface area contributed by atoms with E-state index in [2.05, 4.69) is 48.3 Å². The van der Waals surface area contributed by atoms with Gasteiger partial charge in [-0.3, -0.25) is 4.90 Å². The molecule has 1 saturated heterocycles. The average Bonchev–Trinajstić information content (AvgIpc) is 2.55. The Balaban J connectivity index is 1.76. The second-order valence-electron chi connectivity index (χ2n) is 6.92. The zero-order chi connectivity index (χ0) is 14.7. The highest BCUT2D eigenvalue weighted by Crippen LogP contribution is 2.40. The Kier molecular flexibility index (Phi) is 4.97. The van der Waals surface area contributed by atoms with Gasteiger partial charge in [0.15, 0.2) is 0 Å². The van der Waals surface area contributed by atoms with Crippen molar-refractivity contribution in [3.05, 3.63) is 35.4 Å². The van der Waals surface area contributed by atoms with Crippen molar-refractivity contribution in [2.24, 2.45) is 5.92 Å². The molecule has 1 N–H and O–H groups in total. The van der Waals surface area contributed by atoms with Gasteiger partial charge in [-0.1, -0.05) is 38.1 Å². The smallest absolute Gasteiger partial charge is 0.0351 e. The van der Waals surface area contributed by atoms with Crippen LogP contribution in [-0.2, 0) is 0 Å². The lowest BCUT2D eigenvalue weighted by Gasteiger charge is -2.39. The standard InChI is InChI=1S/C19H30N2/c1-3-21(14-16-7-6-12-20-13-16)19-11-10-15(2)17-8-4-5-9-18(17)19/h4-5,8-9,15-16,19-20H,3,6-7,10-14H2,1-2H3. The molecule has 21 heavy (non-hydrogen) atoms. The topological polar surface area (TPSA) is 15.3 Å². The van der Waals surface area contributed by atoms with Crippen LogP contribution in [0.4, 0.5) is 0 Å². The molecule has 0 amide bonds. The molecular formula is C19H30N2. The second kappa shape index (κ2) is 6.93. The first-order valence-electron chi connectivity index (χ1n) is 8.83. The van der Waals surface area contributed by atoms with E-state index in [0.29, 0.717) is 6.04 Å². The van der Waals surface area contributed by atoms with E-state index in [1.165, 1.54) is 51.9 Å². The van der Waals surface area contributed by atoms with Crippen molar-refractivity contribution in [2.75, 3.05) is 26.2 Å². The maximum atomic E-state index is 3.57. The molecule has 0 spiro atoms. The highest BCUT2D eigenvalue weighted by atomic mass is 15.2. The van der Waals surface area contributed by atoms with Crippen LogP contribution in [0.1, 0.15) is 62.6 Å². The van der Waals surface area contributed by atoms with Gasteiger partial charge in [0, 0.05) is 12.6 Å². The van der Waals surface area contributed by atoms with Crippen LogP contribution >= 0.6 is 0 Å². The van der Waals surface area contributed by atoms with Crippen LogP contribution in [0, 0.1) is 5.92 Å². The van der Waals surface area contributed by atoms with Crippen LogP contribution in [0.15, 0.2) is 24.3 Å². The molecule has 2 heteroatoms. The van der Waals surface area contributed by atoms with Gasteiger partial charge in [0.05, 0.1) is 0 Å². The Labute approximate surface area is 129 Å². The molecule has 0 saturated carbocycles. The van der Waals surface area contributed by atoms with E-state index >= 15 is 0 Å². The van der Waals surface area contributed by atoms with Crippen molar-refractivity contribution >= 4 is 0 Å². The Morgan fingerprint density at radius 3 is 2.67 bits per heavy atom. The van der Waals surface area contributed by atoms with Crippen molar-refractivity contribution in [3.63, 3.8) is 0 Å². The molecule has 116 valence electrons. The maximum Gasteiger partial charge on any atom is 0.0351 e. The molecule has 1 aliphatic heterocycles. The summed E-state index contributed by atoms with van der Waals surface area (Å²) in [6.45, 7) is 9.57. The molecule has 3 atom stereocenters. The molecule has 1 aromatic carbocycles. The number of benzene rings is 1. The molecule has 1 aromatic rings. The Morgan fingerprint density at radius 2 is 1.95 bits per heavy atom. The molecule has 1 fully saturated rings. The molecule has 0 aromatic heterocycles. The average molecular weight is 286 g/mol. The van der Waals surface area contributed by atoms with E-state index in [1.807, 2.05) is 0 Å². The van der Waals surface area contributed by atoms with Gasteiger partial charge < -0.3 is 5.32 Å². The van der Waals surface area contributed by atoms with E-state index in [0.717, 1.165) is 11.8 Å². The first-order valence-corrected chi connectivity index (χ1v) is 8.83. The first kappa shape index (κ1) is 15.1. The normalized spacial score (nSPS) is 29.4. The Morgan fingerprint density at radius 1 is 1.14 bits per heavy atom. The Bertz CT molecular complexity index is 451. The summed E-state index contributed by atoms with van der Waals surface area (Å²) in [6.07, 6.45) is 5.40. The van der Waals surface area contributed by atoms with Crippen LogP contribution in [0.2, 0.25) is 0 Å². The fraction of sp³-hybridized carbons (Fsp3) is 0.684. The van der Waals surface area contributed by atoms with Gasteiger partial charge >= 0.3 is 0 Å². The van der Waals surface area contributed by atoms with Crippen molar-refractivity contribution in [3.8, 4) is 0 Å². The Hall–Kier alpha value is -0.860. The van der Waals surface area contributed by atoms with Gasteiger partial charge in [-0.25, -0.2) is 0 Å². The lowest BCUT2D eigenvalue weighted by atomic mass is 9.80. The highest BCUT2D eigenvalue weighted by molar-refractivity contribution is 5.35. The fourth-order valence-electron chi connectivity index (χ4n) is 4.25. The van der Waals surface area contributed by atoms with Crippen LogP contribution in [0.3, 0.4) is 0 Å². The van der Waals surface area contributed by atoms with Crippen molar-refractivity contribution in [2.45, 2.75) is 51.5 Å². The van der Waals surface area contributed by atoms with Gasteiger partial charge in [0.1, 0.15) is 0 Å². The van der Waals surface area contributed by atoms with Gasteiger partial charge in [0.2, 0.25) is 0 Å². The van der Waals surface area contributed by atoms with Crippen LogP contribution in [-0.4, -0.2) is 31.1 Å². The number of hydrogen-bond acceptors (Lipinski definition) is 2. The third-order valence-electron chi connectivity index (χ3n) is 5.50. The highest BCUT2D eigenvalue weighted by Gasteiger charge is 2.29. The predicted octanol–water partition coefficient (Wildman–Crippen LogP) is 3.95. The van der Waals surface area contributed by atoms with Crippen LogP contribution in [0.5, 0.6) is 0 Å². The van der Waals surface area contributed by atoms with Gasteiger partial charge in [-0.05, 0) is 68.3 Å². The van der Waals surface area contributed by atoms with Crippen molar-refractivity contribution < 1.29 is 0 Å². The minimum Gasteiger partial charge on any atom is -0.316 e. The zero-order valence-corrected chi connectivity index (χ0v) is 13.6. The minimum absolute atomic E-state index is 0.643. The molecule has 1 aliphatic carbocycles. The molecule has 2 aliphatic rings. The third-order valence-corrected chi connectivity index (χ3v) is 5.50. The summed E-state index contributed by atoms with van der Waals surface area (Å²) >= 11 is 0. The van der Waals surface area contributed by atoms with E-state index in [-0.39, 0.29) is 0 Å². The van der Waals surface area contributed by atoms with E-state index < -0.39 is 0 Å². The number of piperidine rings is 1. The first-order chi connectivity index (χ1) is 10.3. The van der Waals surface area contributed by atoms with Gasteiger partial charge in [-0.15, -0.1) is 0 Å². The molecule has 3 rings (SSSR count). The summed E-state index contributed by atoms with van der Waals surface area (Å²) in [4.78, 5) is 2.74. The second-order valence-corrected chi connectivity index (χ2v) is 6.92. The maximum absolute atomic E-state index is 3.57. The lowest BCUT2D eigenvalue weighted by molar-refractivity contribution is 0.144. The number of hydrogen-bond donors (Lipinski definition) is 1. The number of nitrogens with zero attached hydrogens (tertiary/aromatic N) is 1. The lowest BCUT2D eigenvalue weighted by Crippen LogP contribution is -2.40. The van der Waals surface area contributed by atoms with E-state index in [9.17, 15) is 0 Å². The molecule has 0 radical (unpaired) electrons. The quantitative estimate of drug-likeness (QED) is 0.901. The third kappa shape index (κ3) is 3.32. The summed E-state index contributed by atoms with van der Waals surface area (Å²) in [6, 6.07) is 9.79. The number of nitrogens with one attached hydrogen (secondary N) is 1. The number of fused-ring (bicyclic) bond motifs is 1. The molecule has 3 unspecified atom stereocenters. The fourth-order valence-corrected chi connectivity index (χ4v) is 4.25. The van der Waals surface area contributed by atoms with E-state index in [4.69, 9.17) is 0 Å². The number of rotatable bonds is 4. The summed E-state index contributed by atoms with van der Waals surface area (Å²) in [7, 11) is 0. The predicted molar refractivity (Wildman–Crippen MR) is 89.7 cm³/mol. The minimum atomic E-state index is 0.643. The van der Waals surface area contributed by atoms with Crippen LogP contribution < -0.4 is 5.32 Å². The molecular weight excluding hydrogens is 256 g/mol. The largest absolute Gasteiger partial charge is 0.316 e. The van der Waals surface area contributed by atoms with Crippen LogP contribution in [0.25, 0.3) is 0 Å². The van der Waals surface area contributed by atoms with E-state index in [1.54, 1.807) is 11.1 Å². The summed E-state index contributed by atoms with van der Waals surface area (Å²) in [5.41, 5.74) is 3.19.